The molecule has 0 aliphatic heterocycles. The van der Waals surface area contributed by atoms with E-state index in [0.29, 0.717) is 12.6 Å². The molecule has 6 heteroatoms. The van der Waals surface area contributed by atoms with Crippen LogP contribution in [0.1, 0.15) is 37.8 Å². The van der Waals surface area contributed by atoms with Crippen LogP contribution in [0, 0.1) is 0 Å². The van der Waals surface area contributed by atoms with E-state index < -0.39 is 0 Å². The van der Waals surface area contributed by atoms with Gasteiger partial charge in [0, 0.05) is 24.7 Å². The largest absolute Gasteiger partial charge is 0.356 e. The number of aromatic nitrogens is 1. The quantitative estimate of drug-likeness (QED) is 0.429. The summed E-state index contributed by atoms with van der Waals surface area (Å²) in [6.07, 6.45) is 6.41. The first-order valence-electron chi connectivity index (χ1n) is 8.33. The third-order valence-electron chi connectivity index (χ3n) is 4.22. The monoisotopic (exact) mass is 440 g/mol. The topological polar surface area (TPSA) is 62.5 Å². The van der Waals surface area contributed by atoms with E-state index in [0.717, 1.165) is 23.0 Å². The maximum absolute atomic E-state index is 5.42. The molecule has 1 aliphatic rings. The van der Waals surface area contributed by atoms with Crippen LogP contribution >= 0.6 is 24.0 Å². The highest BCUT2D eigenvalue weighted by atomic mass is 127. The molecule has 0 atom stereocenters. The molecular weight excluding hydrogens is 415 g/mol. The molecule has 1 aliphatic carbocycles. The Morgan fingerprint density at radius 2 is 1.96 bits per heavy atom. The van der Waals surface area contributed by atoms with Crippen molar-refractivity contribution in [3.63, 3.8) is 0 Å². The van der Waals surface area contributed by atoms with Gasteiger partial charge in [0.2, 0.25) is 0 Å². The van der Waals surface area contributed by atoms with E-state index in [4.69, 9.17) is 4.52 Å². The Hall–Kier alpha value is -1.57. The normalized spacial score (nSPS) is 15.6. The minimum Gasteiger partial charge on any atom is -0.356 e. The lowest BCUT2D eigenvalue weighted by molar-refractivity contribution is 0.408. The maximum atomic E-state index is 5.42. The van der Waals surface area contributed by atoms with Crippen LogP contribution in [0.2, 0.25) is 0 Å². The first kappa shape index (κ1) is 18.8. The average molecular weight is 440 g/mol. The van der Waals surface area contributed by atoms with Crippen LogP contribution in [-0.4, -0.2) is 24.2 Å². The molecule has 2 aromatic rings. The number of aliphatic imine (C=N–C) groups is 1. The zero-order chi connectivity index (χ0) is 15.9. The summed E-state index contributed by atoms with van der Waals surface area (Å²) in [5, 5.41) is 10.9. The third kappa shape index (κ3) is 5.22. The van der Waals surface area contributed by atoms with Gasteiger partial charge >= 0.3 is 0 Å². The van der Waals surface area contributed by atoms with Gasteiger partial charge in [-0.1, -0.05) is 54.8 Å². The number of halogens is 1. The molecule has 0 spiro atoms. The molecule has 130 valence electrons. The van der Waals surface area contributed by atoms with Crippen molar-refractivity contribution in [1.82, 2.24) is 15.8 Å². The molecule has 5 nitrogen and oxygen atoms in total. The smallest absolute Gasteiger partial charge is 0.191 e. The lowest BCUT2D eigenvalue weighted by atomic mass is 9.96. The lowest BCUT2D eigenvalue weighted by Crippen LogP contribution is -2.43. The van der Waals surface area contributed by atoms with Crippen molar-refractivity contribution in [2.75, 3.05) is 7.05 Å². The van der Waals surface area contributed by atoms with Gasteiger partial charge in [0.15, 0.2) is 11.7 Å². The number of hydrogen-bond donors (Lipinski definition) is 2. The summed E-state index contributed by atoms with van der Waals surface area (Å²) in [5.74, 6) is 1.62. The molecule has 1 heterocycles. The van der Waals surface area contributed by atoms with Crippen LogP contribution < -0.4 is 10.6 Å². The second-order valence-electron chi connectivity index (χ2n) is 5.95. The highest BCUT2D eigenvalue weighted by molar-refractivity contribution is 14.0. The van der Waals surface area contributed by atoms with Crippen LogP contribution in [0.3, 0.4) is 0 Å². The van der Waals surface area contributed by atoms with E-state index in [1.54, 1.807) is 7.05 Å². The van der Waals surface area contributed by atoms with E-state index in [9.17, 15) is 0 Å². The number of rotatable bonds is 4. The van der Waals surface area contributed by atoms with Gasteiger partial charge in [-0.25, -0.2) is 0 Å². The van der Waals surface area contributed by atoms with Gasteiger partial charge in [0.1, 0.15) is 5.69 Å². The van der Waals surface area contributed by atoms with Crippen molar-refractivity contribution in [2.45, 2.75) is 44.7 Å². The predicted molar refractivity (Wildman–Crippen MR) is 108 cm³/mol. The van der Waals surface area contributed by atoms with Gasteiger partial charge in [-0.05, 0) is 12.8 Å². The molecule has 0 bridgehead atoms. The summed E-state index contributed by atoms with van der Waals surface area (Å²) >= 11 is 0. The molecule has 1 saturated carbocycles. The summed E-state index contributed by atoms with van der Waals surface area (Å²) in [5.41, 5.74) is 1.91. The Labute approximate surface area is 160 Å². The van der Waals surface area contributed by atoms with Crippen LogP contribution in [0.4, 0.5) is 0 Å². The van der Waals surface area contributed by atoms with Crippen LogP contribution in [0.15, 0.2) is 45.9 Å². The third-order valence-corrected chi connectivity index (χ3v) is 4.22. The van der Waals surface area contributed by atoms with E-state index in [2.05, 4.69) is 20.8 Å². The number of benzene rings is 1. The molecule has 1 fully saturated rings. The molecule has 0 saturated heterocycles. The lowest BCUT2D eigenvalue weighted by Gasteiger charge is -2.24. The number of guanidine groups is 1. The van der Waals surface area contributed by atoms with Crippen LogP contribution in [0.5, 0.6) is 0 Å². The highest BCUT2D eigenvalue weighted by Crippen LogP contribution is 2.20. The Kier molecular flexibility index (Phi) is 7.55. The minimum atomic E-state index is 0. The zero-order valence-electron chi connectivity index (χ0n) is 14.0. The fourth-order valence-electron chi connectivity index (χ4n) is 2.94. The van der Waals surface area contributed by atoms with Crippen molar-refractivity contribution in [2.24, 2.45) is 4.99 Å². The Morgan fingerprint density at radius 3 is 2.67 bits per heavy atom. The Morgan fingerprint density at radius 1 is 1.21 bits per heavy atom. The fraction of sp³-hybridized carbons (Fsp3) is 0.444. The molecule has 1 aromatic carbocycles. The second kappa shape index (κ2) is 9.66. The average Bonchev–Trinajstić information content (AvgIpc) is 3.09. The van der Waals surface area contributed by atoms with E-state index >= 15 is 0 Å². The van der Waals surface area contributed by atoms with Crippen molar-refractivity contribution in [3.05, 3.63) is 42.1 Å². The standard InChI is InChI=1S/C18H24N4O.HI/c1-19-18(21-15-10-6-3-7-11-15)20-13-16-12-17(23-22-16)14-8-4-2-5-9-14;/h2,4-5,8-9,12,15H,3,6-7,10-11,13H2,1H3,(H2,19,20,21);1H. The van der Waals surface area contributed by atoms with E-state index in [-0.39, 0.29) is 24.0 Å². The van der Waals surface area contributed by atoms with Gasteiger partial charge < -0.3 is 15.2 Å². The van der Waals surface area contributed by atoms with Crippen molar-refractivity contribution >= 4 is 29.9 Å². The fourth-order valence-corrected chi connectivity index (χ4v) is 2.94. The summed E-state index contributed by atoms with van der Waals surface area (Å²) in [6.45, 7) is 0.600. The second-order valence-corrected chi connectivity index (χ2v) is 5.95. The summed E-state index contributed by atoms with van der Waals surface area (Å²) in [4.78, 5) is 4.30. The molecule has 3 rings (SSSR count). The SMILES string of the molecule is CN=C(NCc1cc(-c2ccccc2)on1)NC1CCCCC1.I. The molecule has 0 amide bonds. The van der Waals surface area contributed by atoms with Crippen molar-refractivity contribution in [3.8, 4) is 11.3 Å². The molecule has 0 unspecified atom stereocenters. The van der Waals surface area contributed by atoms with Crippen LogP contribution in [0.25, 0.3) is 11.3 Å². The number of nitrogens with one attached hydrogen (secondary N) is 2. The van der Waals surface area contributed by atoms with Crippen LogP contribution in [-0.2, 0) is 6.54 Å². The Balaban J connectivity index is 0.00000208. The summed E-state index contributed by atoms with van der Waals surface area (Å²) in [6, 6.07) is 12.5. The molecule has 2 N–H and O–H groups in total. The summed E-state index contributed by atoms with van der Waals surface area (Å²) in [7, 11) is 1.80. The zero-order valence-corrected chi connectivity index (χ0v) is 16.3. The maximum Gasteiger partial charge on any atom is 0.191 e. The minimum absolute atomic E-state index is 0. The molecule has 0 radical (unpaired) electrons. The van der Waals surface area contributed by atoms with E-state index in [1.165, 1.54) is 32.1 Å². The van der Waals surface area contributed by atoms with Gasteiger partial charge in [-0.3, -0.25) is 4.99 Å². The van der Waals surface area contributed by atoms with Gasteiger partial charge in [-0.2, -0.15) is 0 Å². The summed E-state index contributed by atoms with van der Waals surface area (Å²) < 4.78 is 5.42. The van der Waals surface area contributed by atoms with E-state index in [1.807, 2.05) is 36.4 Å². The van der Waals surface area contributed by atoms with Crippen molar-refractivity contribution < 1.29 is 4.52 Å². The molecule has 1 aromatic heterocycles. The number of nitrogens with zero attached hydrogens (tertiary/aromatic N) is 2. The molecular formula is C18H25IN4O. The van der Waals surface area contributed by atoms with Gasteiger partial charge in [0.25, 0.3) is 0 Å². The van der Waals surface area contributed by atoms with Crippen molar-refractivity contribution in [1.29, 1.82) is 0 Å². The Bertz CT molecular complexity index is 635. The first-order valence-corrected chi connectivity index (χ1v) is 8.33. The number of hydrogen-bond acceptors (Lipinski definition) is 3. The predicted octanol–water partition coefficient (Wildman–Crippen LogP) is 3.96. The highest BCUT2D eigenvalue weighted by Gasteiger charge is 2.14. The first-order chi connectivity index (χ1) is 11.3. The van der Waals surface area contributed by atoms with Gasteiger partial charge in [0.05, 0.1) is 6.54 Å². The van der Waals surface area contributed by atoms with Gasteiger partial charge in [-0.15, -0.1) is 24.0 Å². The molecule has 24 heavy (non-hydrogen) atoms.